The lowest BCUT2D eigenvalue weighted by Gasteiger charge is -2.27. The molecule has 0 bridgehead atoms. The molecule has 1 aromatic heterocycles. The van der Waals surface area contributed by atoms with Crippen molar-refractivity contribution in [2.24, 2.45) is 0 Å². The SMILES string of the molecule is CCn1nnnc1CN(c1ccc(Cl)cc1Cc1ccccc1Cl)S(=O)(=O)c1ccc(OC)c(OC)c1. The fourth-order valence-electron chi connectivity index (χ4n) is 3.90. The molecule has 0 amide bonds. The van der Waals surface area contributed by atoms with Gasteiger partial charge in [-0.3, -0.25) is 4.31 Å². The van der Waals surface area contributed by atoms with Crippen molar-refractivity contribution in [2.45, 2.75) is 31.3 Å². The van der Waals surface area contributed by atoms with E-state index in [1.165, 1.54) is 30.7 Å². The largest absolute Gasteiger partial charge is 0.493 e. The van der Waals surface area contributed by atoms with Crippen LogP contribution in [0.4, 0.5) is 5.69 Å². The average molecular weight is 562 g/mol. The highest BCUT2D eigenvalue weighted by Crippen LogP contribution is 2.36. The van der Waals surface area contributed by atoms with E-state index in [0.29, 0.717) is 45.8 Å². The Morgan fingerprint density at radius 3 is 2.41 bits per heavy atom. The molecule has 1 heterocycles. The molecule has 3 aromatic carbocycles. The van der Waals surface area contributed by atoms with E-state index < -0.39 is 10.0 Å². The molecule has 0 aliphatic carbocycles. The lowest BCUT2D eigenvalue weighted by Crippen LogP contribution is -2.33. The maximum atomic E-state index is 14.2. The Kier molecular flexibility index (Phi) is 8.21. The van der Waals surface area contributed by atoms with Crippen LogP contribution < -0.4 is 13.8 Å². The van der Waals surface area contributed by atoms with Crippen LogP contribution in [0.25, 0.3) is 0 Å². The summed E-state index contributed by atoms with van der Waals surface area (Å²) in [6.45, 7) is 2.23. The predicted octanol–water partition coefficient (Wildman–Crippen LogP) is 5.00. The minimum absolute atomic E-state index is 0.0133. The summed E-state index contributed by atoms with van der Waals surface area (Å²) in [7, 11) is -1.21. The molecule has 4 aromatic rings. The Hall–Kier alpha value is -3.34. The van der Waals surface area contributed by atoms with Crippen LogP contribution in [0.15, 0.2) is 65.6 Å². The molecule has 194 valence electrons. The first-order valence-electron chi connectivity index (χ1n) is 11.3. The van der Waals surface area contributed by atoms with E-state index in [-0.39, 0.29) is 17.2 Å². The first-order valence-corrected chi connectivity index (χ1v) is 13.5. The van der Waals surface area contributed by atoms with E-state index in [0.717, 1.165) is 5.56 Å². The van der Waals surface area contributed by atoms with E-state index in [9.17, 15) is 8.42 Å². The van der Waals surface area contributed by atoms with Crippen molar-refractivity contribution < 1.29 is 17.9 Å². The molecule has 37 heavy (non-hydrogen) atoms. The van der Waals surface area contributed by atoms with Gasteiger partial charge in [0.25, 0.3) is 10.0 Å². The number of halogens is 2. The molecule has 0 unspecified atom stereocenters. The minimum Gasteiger partial charge on any atom is -0.493 e. The van der Waals surface area contributed by atoms with Crippen molar-refractivity contribution in [2.75, 3.05) is 18.5 Å². The third kappa shape index (κ3) is 5.66. The molecule has 0 aliphatic rings. The van der Waals surface area contributed by atoms with Crippen LogP contribution in [-0.4, -0.2) is 42.8 Å². The second kappa shape index (κ2) is 11.4. The topological polar surface area (TPSA) is 99.4 Å². The van der Waals surface area contributed by atoms with Gasteiger partial charge in [0.2, 0.25) is 0 Å². The van der Waals surface area contributed by atoms with E-state index in [4.69, 9.17) is 32.7 Å². The number of aryl methyl sites for hydroxylation is 1. The van der Waals surface area contributed by atoms with Gasteiger partial charge in [-0.05, 0) is 64.9 Å². The molecule has 0 spiro atoms. The summed E-state index contributed by atoms with van der Waals surface area (Å²) in [5.74, 6) is 1.08. The Morgan fingerprint density at radius 1 is 0.946 bits per heavy atom. The molecule has 0 aliphatic heterocycles. The molecule has 0 saturated carbocycles. The number of ether oxygens (including phenoxy) is 2. The first-order chi connectivity index (χ1) is 17.8. The van der Waals surface area contributed by atoms with Gasteiger partial charge in [0, 0.05) is 29.1 Å². The highest BCUT2D eigenvalue weighted by atomic mass is 35.5. The number of hydrogen-bond acceptors (Lipinski definition) is 7. The number of aromatic nitrogens is 4. The molecule has 4 rings (SSSR count). The highest BCUT2D eigenvalue weighted by Gasteiger charge is 2.30. The van der Waals surface area contributed by atoms with E-state index in [2.05, 4.69) is 15.5 Å². The van der Waals surface area contributed by atoms with Gasteiger partial charge in [-0.15, -0.1) is 5.10 Å². The average Bonchev–Trinajstić information content (AvgIpc) is 3.36. The molecule has 9 nitrogen and oxygen atoms in total. The number of anilines is 1. The zero-order valence-corrected chi connectivity index (χ0v) is 22.8. The normalized spacial score (nSPS) is 11.4. The van der Waals surface area contributed by atoms with Crippen molar-refractivity contribution in [3.8, 4) is 11.5 Å². The summed E-state index contributed by atoms with van der Waals surface area (Å²) >= 11 is 12.8. The number of nitrogens with zero attached hydrogens (tertiary/aromatic N) is 5. The second-order valence-corrected chi connectivity index (χ2v) is 10.7. The smallest absolute Gasteiger partial charge is 0.264 e. The van der Waals surface area contributed by atoms with Crippen LogP contribution >= 0.6 is 23.2 Å². The Labute approximate surface area is 225 Å². The third-order valence-electron chi connectivity index (χ3n) is 5.78. The fourth-order valence-corrected chi connectivity index (χ4v) is 5.77. The Morgan fingerprint density at radius 2 is 1.70 bits per heavy atom. The number of sulfonamides is 1. The van der Waals surface area contributed by atoms with Crippen molar-refractivity contribution in [3.05, 3.63) is 87.7 Å². The van der Waals surface area contributed by atoms with E-state index in [1.807, 2.05) is 25.1 Å². The van der Waals surface area contributed by atoms with E-state index in [1.54, 1.807) is 35.0 Å². The number of rotatable bonds is 10. The summed E-state index contributed by atoms with van der Waals surface area (Å²) in [4.78, 5) is 0.0133. The number of hydrogen-bond donors (Lipinski definition) is 0. The van der Waals surface area contributed by atoms with Gasteiger partial charge < -0.3 is 9.47 Å². The van der Waals surface area contributed by atoms with Gasteiger partial charge in [0.15, 0.2) is 17.3 Å². The van der Waals surface area contributed by atoms with Crippen LogP contribution in [0, 0.1) is 0 Å². The van der Waals surface area contributed by atoms with E-state index >= 15 is 0 Å². The number of benzene rings is 3. The van der Waals surface area contributed by atoms with Crippen LogP contribution in [0.1, 0.15) is 23.9 Å². The highest BCUT2D eigenvalue weighted by molar-refractivity contribution is 7.92. The zero-order chi connectivity index (χ0) is 26.6. The fraction of sp³-hybridized carbons (Fsp3) is 0.240. The Bertz CT molecular complexity index is 1510. The van der Waals surface area contributed by atoms with Crippen molar-refractivity contribution in [1.29, 1.82) is 0 Å². The maximum Gasteiger partial charge on any atom is 0.264 e. The van der Waals surface area contributed by atoms with Gasteiger partial charge in [0.05, 0.1) is 31.3 Å². The second-order valence-electron chi connectivity index (χ2n) is 7.98. The van der Waals surface area contributed by atoms with Crippen LogP contribution in [0.5, 0.6) is 11.5 Å². The van der Waals surface area contributed by atoms with Crippen molar-refractivity contribution in [3.63, 3.8) is 0 Å². The predicted molar refractivity (Wildman–Crippen MR) is 142 cm³/mol. The molecular formula is C25H25Cl2N5O4S. The molecule has 0 N–H and O–H groups in total. The quantitative estimate of drug-likeness (QED) is 0.268. The lowest BCUT2D eigenvalue weighted by atomic mass is 10.0. The minimum atomic E-state index is -4.14. The van der Waals surface area contributed by atoms with Gasteiger partial charge in [-0.1, -0.05) is 41.4 Å². The van der Waals surface area contributed by atoms with Gasteiger partial charge in [-0.25, -0.2) is 13.1 Å². The lowest BCUT2D eigenvalue weighted by molar-refractivity contribution is 0.354. The molecule has 12 heteroatoms. The summed E-state index contributed by atoms with van der Waals surface area (Å²) in [6, 6.07) is 16.9. The van der Waals surface area contributed by atoms with Crippen LogP contribution in [-0.2, 0) is 29.5 Å². The number of methoxy groups -OCH3 is 2. The Balaban J connectivity index is 1.89. The molecule has 0 saturated heterocycles. The monoisotopic (exact) mass is 561 g/mol. The zero-order valence-electron chi connectivity index (χ0n) is 20.4. The van der Waals surface area contributed by atoms with Crippen molar-refractivity contribution >= 4 is 38.9 Å². The summed E-state index contributed by atoms with van der Waals surface area (Å²) in [5.41, 5.74) is 1.92. The van der Waals surface area contributed by atoms with Gasteiger partial charge >= 0.3 is 0 Å². The van der Waals surface area contributed by atoms with Crippen molar-refractivity contribution in [1.82, 2.24) is 20.2 Å². The maximum absolute atomic E-state index is 14.2. The third-order valence-corrected chi connectivity index (χ3v) is 8.14. The van der Waals surface area contributed by atoms with Crippen LogP contribution in [0.2, 0.25) is 10.0 Å². The summed E-state index contributed by atoms with van der Waals surface area (Å²) in [6.07, 6.45) is 0.353. The standard InChI is InChI=1S/C25H25Cl2N5O4S/c1-4-31-25(28-29-30-31)16-32(37(33,34)20-10-12-23(35-2)24(15-20)36-3)22-11-9-19(26)14-18(22)13-17-7-5-6-8-21(17)27/h5-12,14-15H,4,13,16H2,1-3H3. The van der Waals surface area contributed by atoms with Gasteiger partial charge in [0.1, 0.15) is 0 Å². The van der Waals surface area contributed by atoms with Crippen LogP contribution in [0.3, 0.4) is 0 Å². The molecule has 0 radical (unpaired) electrons. The summed E-state index contributed by atoms with van der Waals surface area (Å²) < 4.78 is 41.8. The molecular weight excluding hydrogens is 537 g/mol. The summed E-state index contributed by atoms with van der Waals surface area (Å²) in [5, 5.41) is 12.8. The number of tetrazole rings is 1. The molecule has 0 fully saturated rings. The van der Waals surface area contributed by atoms with Gasteiger partial charge in [-0.2, -0.15) is 0 Å². The molecule has 0 atom stereocenters. The first kappa shape index (κ1) is 26.7.